The molecular weight excluding hydrogens is 358 g/mol. The molecular formula is C19H15N7O2. The summed E-state index contributed by atoms with van der Waals surface area (Å²) in [5, 5.41) is 17.5. The zero-order valence-corrected chi connectivity index (χ0v) is 14.9. The van der Waals surface area contributed by atoms with Gasteiger partial charge in [0.05, 0.1) is 18.1 Å². The first-order valence-corrected chi connectivity index (χ1v) is 8.60. The molecule has 4 heterocycles. The fourth-order valence-electron chi connectivity index (χ4n) is 2.90. The molecule has 0 saturated heterocycles. The van der Waals surface area contributed by atoms with Crippen molar-refractivity contribution in [2.24, 2.45) is 7.05 Å². The number of aromatic nitrogens is 7. The Bertz CT molecular complexity index is 1230. The number of furan rings is 1. The van der Waals surface area contributed by atoms with Gasteiger partial charge in [-0.2, -0.15) is 9.61 Å². The summed E-state index contributed by atoms with van der Waals surface area (Å²) in [5.74, 6) is 1.61. The fraction of sp³-hybridized carbons (Fsp3) is 0.105. The Balaban J connectivity index is 1.61. The molecule has 0 amide bonds. The molecule has 9 heteroatoms. The van der Waals surface area contributed by atoms with Gasteiger partial charge in [0.2, 0.25) is 5.88 Å². The van der Waals surface area contributed by atoms with Crippen molar-refractivity contribution in [2.75, 3.05) is 0 Å². The van der Waals surface area contributed by atoms with Crippen LogP contribution in [0, 0.1) is 0 Å². The second-order valence-electron chi connectivity index (χ2n) is 6.16. The molecule has 5 rings (SSSR count). The SMILES string of the molecule is Cn1cnc(COc2nn3c(-c4ccccc4)nnc3cc2-c2ccoc2)n1. The third-order valence-corrected chi connectivity index (χ3v) is 4.21. The monoisotopic (exact) mass is 373 g/mol. The topological polar surface area (TPSA) is 96.2 Å². The Morgan fingerprint density at radius 1 is 1.04 bits per heavy atom. The number of benzene rings is 1. The maximum absolute atomic E-state index is 5.96. The summed E-state index contributed by atoms with van der Waals surface area (Å²) in [6, 6.07) is 13.5. The third-order valence-electron chi connectivity index (χ3n) is 4.21. The van der Waals surface area contributed by atoms with Crippen LogP contribution in [0.2, 0.25) is 0 Å². The smallest absolute Gasteiger partial charge is 0.240 e. The zero-order valence-electron chi connectivity index (χ0n) is 14.9. The highest BCUT2D eigenvalue weighted by Gasteiger charge is 2.17. The van der Waals surface area contributed by atoms with Gasteiger partial charge in [-0.25, -0.2) is 4.98 Å². The minimum absolute atomic E-state index is 0.187. The number of ether oxygens (including phenoxy) is 1. The number of aryl methyl sites for hydroxylation is 1. The van der Waals surface area contributed by atoms with Crippen molar-refractivity contribution in [3.63, 3.8) is 0 Å². The number of hydrogen-bond donors (Lipinski definition) is 0. The van der Waals surface area contributed by atoms with Gasteiger partial charge in [-0.1, -0.05) is 30.3 Å². The lowest BCUT2D eigenvalue weighted by atomic mass is 10.1. The van der Waals surface area contributed by atoms with Crippen LogP contribution < -0.4 is 4.74 Å². The number of rotatable bonds is 5. The van der Waals surface area contributed by atoms with Crippen LogP contribution in [-0.2, 0) is 13.7 Å². The minimum atomic E-state index is 0.187. The van der Waals surface area contributed by atoms with Gasteiger partial charge < -0.3 is 9.15 Å². The predicted octanol–water partition coefficient (Wildman–Crippen LogP) is 2.76. The quantitative estimate of drug-likeness (QED) is 0.467. The number of hydrogen-bond acceptors (Lipinski definition) is 7. The van der Waals surface area contributed by atoms with Crippen molar-refractivity contribution in [3.05, 3.63) is 67.1 Å². The number of fused-ring (bicyclic) bond motifs is 1. The van der Waals surface area contributed by atoms with E-state index in [9.17, 15) is 0 Å². The van der Waals surface area contributed by atoms with Crippen molar-refractivity contribution in [1.82, 2.24) is 34.6 Å². The van der Waals surface area contributed by atoms with Crippen molar-refractivity contribution >= 4 is 5.65 Å². The van der Waals surface area contributed by atoms with Gasteiger partial charge in [-0.05, 0) is 12.1 Å². The molecule has 0 radical (unpaired) electrons. The molecule has 0 aliphatic rings. The average molecular weight is 373 g/mol. The standard InChI is InChI=1S/C19H15N7O2/c1-25-12-20-16(23-25)11-28-19-15(14-7-8-27-10-14)9-17-21-22-18(26(17)24-19)13-5-3-2-4-6-13/h2-10,12H,11H2,1H3. The van der Waals surface area contributed by atoms with E-state index in [0.29, 0.717) is 23.2 Å². The largest absolute Gasteiger partial charge is 0.472 e. The van der Waals surface area contributed by atoms with Gasteiger partial charge in [0.25, 0.3) is 0 Å². The highest BCUT2D eigenvalue weighted by Crippen LogP contribution is 2.31. The van der Waals surface area contributed by atoms with Crippen molar-refractivity contribution in [2.45, 2.75) is 6.61 Å². The Kier molecular flexibility index (Phi) is 3.82. The summed E-state index contributed by atoms with van der Waals surface area (Å²) < 4.78 is 14.5. The van der Waals surface area contributed by atoms with E-state index in [4.69, 9.17) is 9.15 Å². The first-order chi connectivity index (χ1) is 13.8. The summed E-state index contributed by atoms with van der Waals surface area (Å²) in [6.07, 6.45) is 4.86. The Morgan fingerprint density at radius 2 is 1.93 bits per heavy atom. The zero-order chi connectivity index (χ0) is 18.9. The molecule has 0 aliphatic heterocycles. The molecule has 0 spiro atoms. The minimum Gasteiger partial charge on any atom is -0.472 e. The molecule has 138 valence electrons. The lowest BCUT2D eigenvalue weighted by Gasteiger charge is -2.09. The van der Waals surface area contributed by atoms with Crippen molar-refractivity contribution in [1.29, 1.82) is 0 Å². The second-order valence-corrected chi connectivity index (χ2v) is 6.16. The van der Waals surface area contributed by atoms with E-state index >= 15 is 0 Å². The van der Waals surface area contributed by atoms with Gasteiger partial charge in [0.1, 0.15) is 6.33 Å². The van der Waals surface area contributed by atoms with Gasteiger partial charge >= 0.3 is 0 Å². The first kappa shape index (κ1) is 16.2. The van der Waals surface area contributed by atoms with Gasteiger partial charge in [-0.3, -0.25) is 4.68 Å². The van der Waals surface area contributed by atoms with Crippen LogP contribution in [0.4, 0.5) is 0 Å². The van der Waals surface area contributed by atoms with Crippen molar-refractivity contribution < 1.29 is 9.15 Å². The molecule has 0 bridgehead atoms. The highest BCUT2D eigenvalue weighted by molar-refractivity contribution is 5.72. The molecule has 28 heavy (non-hydrogen) atoms. The number of nitrogens with zero attached hydrogens (tertiary/aromatic N) is 7. The molecule has 0 N–H and O–H groups in total. The van der Waals surface area contributed by atoms with Crippen LogP contribution >= 0.6 is 0 Å². The van der Waals surface area contributed by atoms with E-state index in [1.54, 1.807) is 35.1 Å². The lowest BCUT2D eigenvalue weighted by molar-refractivity contribution is 0.281. The Hall–Kier alpha value is -4.01. The molecule has 0 saturated carbocycles. The van der Waals surface area contributed by atoms with E-state index in [1.165, 1.54) is 0 Å². The molecule has 0 atom stereocenters. The average Bonchev–Trinajstić information content (AvgIpc) is 3.47. The van der Waals surface area contributed by atoms with E-state index in [0.717, 1.165) is 16.7 Å². The van der Waals surface area contributed by atoms with Crippen LogP contribution in [0.25, 0.3) is 28.2 Å². The van der Waals surface area contributed by atoms with E-state index in [1.807, 2.05) is 42.5 Å². The normalized spacial score (nSPS) is 11.2. The lowest BCUT2D eigenvalue weighted by Crippen LogP contribution is -2.05. The van der Waals surface area contributed by atoms with Crippen LogP contribution in [0.5, 0.6) is 5.88 Å². The molecule has 5 aromatic rings. The molecule has 0 fully saturated rings. The summed E-state index contributed by atoms with van der Waals surface area (Å²) >= 11 is 0. The Morgan fingerprint density at radius 3 is 2.68 bits per heavy atom. The molecule has 0 unspecified atom stereocenters. The highest BCUT2D eigenvalue weighted by atomic mass is 16.5. The summed E-state index contributed by atoms with van der Waals surface area (Å²) in [6.45, 7) is 0.187. The van der Waals surface area contributed by atoms with E-state index in [-0.39, 0.29) is 6.61 Å². The van der Waals surface area contributed by atoms with Crippen LogP contribution in [0.3, 0.4) is 0 Å². The van der Waals surface area contributed by atoms with Crippen LogP contribution in [0.1, 0.15) is 5.82 Å². The summed E-state index contributed by atoms with van der Waals surface area (Å²) in [5.41, 5.74) is 3.11. The van der Waals surface area contributed by atoms with Crippen molar-refractivity contribution in [3.8, 4) is 28.4 Å². The Labute approximate surface area is 159 Å². The summed E-state index contributed by atoms with van der Waals surface area (Å²) in [7, 11) is 1.81. The van der Waals surface area contributed by atoms with E-state index < -0.39 is 0 Å². The van der Waals surface area contributed by atoms with Gasteiger partial charge in [0, 0.05) is 18.2 Å². The molecule has 1 aromatic carbocycles. The molecule has 9 nitrogen and oxygen atoms in total. The molecule has 0 aliphatic carbocycles. The molecule has 4 aromatic heterocycles. The third kappa shape index (κ3) is 2.88. The van der Waals surface area contributed by atoms with Gasteiger partial charge in [-0.15, -0.1) is 15.3 Å². The summed E-state index contributed by atoms with van der Waals surface area (Å²) in [4.78, 5) is 4.19. The van der Waals surface area contributed by atoms with Crippen LogP contribution in [0.15, 0.2) is 65.7 Å². The predicted molar refractivity (Wildman–Crippen MR) is 99.3 cm³/mol. The maximum Gasteiger partial charge on any atom is 0.240 e. The first-order valence-electron chi connectivity index (χ1n) is 8.60. The van der Waals surface area contributed by atoms with E-state index in [2.05, 4.69) is 25.4 Å². The van der Waals surface area contributed by atoms with Crippen LogP contribution in [-0.4, -0.2) is 34.6 Å². The second kappa shape index (κ2) is 6.62. The fourth-order valence-corrected chi connectivity index (χ4v) is 2.90. The van der Waals surface area contributed by atoms with Gasteiger partial charge in [0.15, 0.2) is 23.9 Å². The maximum atomic E-state index is 5.96.